The zero-order valence-corrected chi connectivity index (χ0v) is 14.3. The fraction of sp³-hybridized carbons (Fsp3) is 0.263. The summed E-state index contributed by atoms with van der Waals surface area (Å²) in [6, 6.07) is 10.1. The number of pyridine rings is 1. The topological polar surface area (TPSA) is 88.6 Å². The molecule has 3 rings (SSSR count). The highest BCUT2D eigenvalue weighted by Crippen LogP contribution is 2.26. The Bertz CT molecular complexity index is 805. The van der Waals surface area contributed by atoms with E-state index in [4.69, 9.17) is 4.74 Å². The van der Waals surface area contributed by atoms with Crippen LogP contribution in [0, 0.1) is 5.92 Å². The first-order valence-corrected chi connectivity index (χ1v) is 8.37. The molecule has 1 saturated heterocycles. The molecular weight excluding hydrogens is 334 g/mol. The first-order valence-electron chi connectivity index (χ1n) is 8.37. The number of esters is 1. The van der Waals surface area contributed by atoms with Gasteiger partial charge in [-0.05, 0) is 43.3 Å². The second-order valence-electron chi connectivity index (χ2n) is 5.90. The van der Waals surface area contributed by atoms with E-state index in [1.54, 1.807) is 60.6 Å². The van der Waals surface area contributed by atoms with Crippen LogP contribution in [0.3, 0.4) is 0 Å². The summed E-state index contributed by atoms with van der Waals surface area (Å²) in [5.41, 5.74) is 1.68. The van der Waals surface area contributed by atoms with Gasteiger partial charge in [0.1, 0.15) is 0 Å². The third-order valence-electron chi connectivity index (χ3n) is 4.12. The fourth-order valence-corrected chi connectivity index (χ4v) is 2.81. The van der Waals surface area contributed by atoms with Crippen molar-refractivity contribution in [1.29, 1.82) is 0 Å². The molecule has 134 valence electrons. The summed E-state index contributed by atoms with van der Waals surface area (Å²) in [4.78, 5) is 41.9. The maximum Gasteiger partial charge on any atom is 0.338 e. The number of anilines is 2. The van der Waals surface area contributed by atoms with E-state index < -0.39 is 11.9 Å². The van der Waals surface area contributed by atoms with E-state index >= 15 is 0 Å². The molecule has 0 bridgehead atoms. The van der Waals surface area contributed by atoms with Crippen molar-refractivity contribution in [3.63, 3.8) is 0 Å². The number of nitrogens with one attached hydrogen (secondary N) is 1. The summed E-state index contributed by atoms with van der Waals surface area (Å²) >= 11 is 0. The van der Waals surface area contributed by atoms with Gasteiger partial charge in [-0.15, -0.1) is 0 Å². The first-order chi connectivity index (χ1) is 12.6. The average molecular weight is 353 g/mol. The highest BCUT2D eigenvalue weighted by molar-refractivity contribution is 6.03. The Morgan fingerprint density at radius 3 is 2.69 bits per heavy atom. The van der Waals surface area contributed by atoms with Gasteiger partial charge in [-0.2, -0.15) is 0 Å². The quantitative estimate of drug-likeness (QED) is 0.833. The number of nitrogens with zero attached hydrogens (tertiary/aromatic N) is 2. The van der Waals surface area contributed by atoms with Gasteiger partial charge in [0.25, 0.3) is 0 Å². The second-order valence-corrected chi connectivity index (χ2v) is 5.90. The van der Waals surface area contributed by atoms with Crippen molar-refractivity contribution in [3.05, 3.63) is 54.4 Å². The Balaban J connectivity index is 1.66. The minimum atomic E-state index is -0.438. The molecule has 1 aliphatic rings. The van der Waals surface area contributed by atoms with Gasteiger partial charge in [-0.3, -0.25) is 14.6 Å². The average Bonchev–Trinajstić information content (AvgIpc) is 3.05. The van der Waals surface area contributed by atoms with Crippen LogP contribution >= 0.6 is 0 Å². The molecule has 1 N–H and O–H groups in total. The summed E-state index contributed by atoms with van der Waals surface area (Å²) in [7, 11) is 0. The van der Waals surface area contributed by atoms with Gasteiger partial charge in [0.2, 0.25) is 11.8 Å². The highest BCUT2D eigenvalue weighted by atomic mass is 16.5. The Labute approximate surface area is 151 Å². The Hall–Kier alpha value is -3.22. The number of carbonyl (C=O) groups excluding carboxylic acids is 3. The van der Waals surface area contributed by atoms with Crippen LogP contribution < -0.4 is 10.2 Å². The summed E-state index contributed by atoms with van der Waals surface area (Å²) in [6.07, 6.45) is 3.32. The van der Waals surface area contributed by atoms with Gasteiger partial charge in [0, 0.05) is 24.8 Å². The standard InChI is InChI=1S/C19H19N3O4/c1-2-26-19(25)13-5-7-16(8-6-13)22-12-14(10-17(22)23)18(24)21-15-4-3-9-20-11-15/h3-9,11,14H,2,10,12H2,1H3,(H,21,24). The molecule has 1 fully saturated rings. The van der Waals surface area contributed by atoms with E-state index in [9.17, 15) is 14.4 Å². The summed E-state index contributed by atoms with van der Waals surface area (Å²) in [6.45, 7) is 2.34. The highest BCUT2D eigenvalue weighted by Gasteiger charge is 2.35. The number of ether oxygens (including phenoxy) is 1. The lowest BCUT2D eigenvalue weighted by molar-refractivity contribution is -0.122. The number of hydrogen-bond donors (Lipinski definition) is 1. The molecular formula is C19H19N3O4. The summed E-state index contributed by atoms with van der Waals surface area (Å²) in [5.74, 6) is -1.18. The fourth-order valence-electron chi connectivity index (χ4n) is 2.81. The summed E-state index contributed by atoms with van der Waals surface area (Å²) < 4.78 is 4.94. The molecule has 7 nitrogen and oxygen atoms in total. The lowest BCUT2D eigenvalue weighted by atomic mass is 10.1. The largest absolute Gasteiger partial charge is 0.462 e. The van der Waals surface area contributed by atoms with Crippen LogP contribution in [0.1, 0.15) is 23.7 Å². The van der Waals surface area contributed by atoms with Crippen LogP contribution in [0.5, 0.6) is 0 Å². The number of hydrogen-bond acceptors (Lipinski definition) is 5. The predicted molar refractivity (Wildman–Crippen MR) is 95.7 cm³/mol. The monoisotopic (exact) mass is 353 g/mol. The number of carbonyl (C=O) groups is 3. The van der Waals surface area contributed by atoms with Crippen molar-refractivity contribution in [3.8, 4) is 0 Å². The van der Waals surface area contributed by atoms with Gasteiger partial charge in [0.15, 0.2) is 0 Å². The van der Waals surface area contributed by atoms with Gasteiger partial charge in [0.05, 0.1) is 30.0 Å². The van der Waals surface area contributed by atoms with Crippen molar-refractivity contribution >= 4 is 29.2 Å². The Kier molecular flexibility index (Phi) is 5.26. The van der Waals surface area contributed by atoms with Crippen LogP contribution in [-0.4, -0.2) is 35.9 Å². The first kappa shape index (κ1) is 17.6. The van der Waals surface area contributed by atoms with Crippen molar-refractivity contribution in [2.24, 2.45) is 5.92 Å². The van der Waals surface area contributed by atoms with E-state index in [0.717, 1.165) is 0 Å². The normalized spacial score (nSPS) is 16.4. The number of amides is 2. The van der Waals surface area contributed by atoms with Crippen molar-refractivity contribution < 1.29 is 19.1 Å². The van der Waals surface area contributed by atoms with Crippen molar-refractivity contribution in [1.82, 2.24) is 4.98 Å². The molecule has 26 heavy (non-hydrogen) atoms. The molecule has 0 spiro atoms. The molecule has 1 atom stereocenters. The van der Waals surface area contributed by atoms with E-state index in [2.05, 4.69) is 10.3 Å². The molecule has 2 heterocycles. The van der Waals surface area contributed by atoms with Gasteiger partial charge in [-0.1, -0.05) is 0 Å². The molecule has 1 aromatic carbocycles. The number of aromatic nitrogens is 1. The van der Waals surface area contributed by atoms with E-state index in [0.29, 0.717) is 30.1 Å². The zero-order valence-electron chi connectivity index (χ0n) is 14.3. The minimum Gasteiger partial charge on any atom is -0.462 e. The molecule has 2 amide bonds. The zero-order chi connectivity index (χ0) is 18.5. The molecule has 2 aromatic rings. The van der Waals surface area contributed by atoms with Gasteiger partial charge < -0.3 is 15.0 Å². The van der Waals surface area contributed by atoms with Crippen LogP contribution in [0.2, 0.25) is 0 Å². The molecule has 1 unspecified atom stereocenters. The number of rotatable bonds is 5. The third kappa shape index (κ3) is 3.88. The Morgan fingerprint density at radius 1 is 1.27 bits per heavy atom. The Morgan fingerprint density at radius 2 is 2.04 bits per heavy atom. The van der Waals surface area contributed by atoms with Crippen LogP contribution in [0.15, 0.2) is 48.8 Å². The molecule has 0 radical (unpaired) electrons. The minimum absolute atomic E-state index is 0.125. The molecule has 7 heteroatoms. The second kappa shape index (κ2) is 7.77. The maximum absolute atomic E-state index is 12.4. The lowest BCUT2D eigenvalue weighted by Gasteiger charge is -2.17. The van der Waals surface area contributed by atoms with Crippen molar-refractivity contribution in [2.45, 2.75) is 13.3 Å². The maximum atomic E-state index is 12.4. The van der Waals surface area contributed by atoms with Crippen LogP contribution in [0.4, 0.5) is 11.4 Å². The van der Waals surface area contributed by atoms with E-state index in [1.165, 1.54) is 0 Å². The van der Waals surface area contributed by atoms with E-state index in [1.807, 2.05) is 0 Å². The third-order valence-corrected chi connectivity index (χ3v) is 4.12. The lowest BCUT2D eigenvalue weighted by Crippen LogP contribution is -2.28. The molecule has 1 aromatic heterocycles. The van der Waals surface area contributed by atoms with Crippen molar-refractivity contribution in [2.75, 3.05) is 23.4 Å². The molecule has 0 aliphatic carbocycles. The predicted octanol–water partition coefficient (Wildman–Crippen LogP) is 2.25. The van der Waals surface area contributed by atoms with Crippen LogP contribution in [-0.2, 0) is 14.3 Å². The van der Waals surface area contributed by atoms with E-state index in [-0.39, 0.29) is 18.2 Å². The number of benzene rings is 1. The molecule has 1 aliphatic heterocycles. The summed E-state index contributed by atoms with van der Waals surface area (Å²) in [5, 5.41) is 2.77. The molecule has 0 saturated carbocycles. The van der Waals surface area contributed by atoms with Crippen LogP contribution in [0.25, 0.3) is 0 Å². The van der Waals surface area contributed by atoms with Gasteiger partial charge in [-0.25, -0.2) is 4.79 Å². The SMILES string of the molecule is CCOC(=O)c1ccc(N2CC(C(=O)Nc3cccnc3)CC2=O)cc1. The smallest absolute Gasteiger partial charge is 0.338 e. The van der Waals surface area contributed by atoms with Gasteiger partial charge >= 0.3 is 5.97 Å².